The van der Waals surface area contributed by atoms with E-state index in [1.807, 2.05) is 17.6 Å². The van der Waals surface area contributed by atoms with Crippen LogP contribution in [0, 0.1) is 0 Å². The molecule has 0 aliphatic rings. The van der Waals surface area contributed by atoms with Crippen LogP contribution in [0.2, 0.25) is 0 Å². The van der Waals surface area contributed by atoms with Gasteiger partial charge in [0.05, 0.1) is 28.5 Å². The molecule has 0 radical (unpaired) electrons. The van der Waals surface area contributed by atoms with Gasteiger partial charge in [0.1, 0.15) is 5.76 Å². The van der Waals surface area contributed by atoms with Crippen molar-refractivity contribution in [3.8, 4) is 0 Å². The van der Waals surface area contributed by atoms with Crippen LogP contribution in [0.5, 0.6) is 0 Å². The van der Waals surface area contributed by atoms with Gasteiger partial charge in [-0.2, -0.15) is 0 Å². The van der Waals surface area contributed by atoms with Gasteiger partial charge >= 0.3 is 0 Å². The summed E-state index contributed by atoms with van der Waals surface area (Å²) in [5.74, 6) is 0.929. The third-order valence-corrected chi connectivity index (χ3v) is 3.19. The zero-order valence-electron chi connectivity index (χ0n) is 8.51. The van der Waals surface area contributed by atoms with Crippen LogP contribution in [0.25, 0.3) is 10.2 Å². The Labute approximate surface area is 96.7 Å². The van der Waals surface area contributed by atoms with Gasteiger partial charge in [0.15, 0.2) is 0 Å². The summed E-state index contributed by atoms with van der Waals surface area (Å²) < 4.78 is 6.46. The number of furan rings is 1. The molecule has 3 nitrogen and oxygen atoms in total. The van der Waals surface area contributed by atoms with Crippen LogP contribution in [0.15, 0.2) is 46.5 Å². The fourth-order valence-electron chi connectivity index (χ4n) is 1.57. The second-order valence-corrected chi connectivity index (χ2v) is 4.35. The second-order valence-electron chi connectivity index (χ2n) is 3.47. The van der Waals surface area contributed by atoms with Crippen LogP contribution < -0.4 is 5.32 Å². The van der Waals surface area contributed by atoms with Gasteiger partial charge in [0.2, 0.25) is 0 Å². The van der Waals surface area contributed by atoms with Crippen LogP contribution in [0.1, 0.15) is 5.76 Å². The molecular formula is C12H10N2OS. The second kappa shape index (κ2) is 3.98. The number of thiazole rings is 1. The van der Waals surface area contributed by atoms with E-state index in [0.717, 1.165) is 17.0 Å². The first kappa shape index (κ1) is 9.42. The summed E-state index contributed by atoms with van der Waals surface area (Å²) >= 11 is 1.65. The highest BCUT2D eigenvalue weighted by molar-refractivity contribution is 7.16. The molecule has 0 unspecified atom stereocenters. The van der Waals surface area contributed by atoms with Crippen LogP contribution in [0.4, 0.5) is 5.69 Å². The van der Waals surface area contributed by atoms with Gasteiger partial charge in [-0.15, -0.1) is 11.3 Å². The molecule has 2 aromatic heterocycles. The molecule has 0 fully saturated rings. The van der Waals surface area contributed by atoms with E-state index in [9.17, 15) is 0 Å². The third-order valence-electron chi connectivity index (χ3n) is 2.38. The molecule has 0 saturated heterocycles. The first-order chi connectivity index (χ1) is 7.92. The van der Waals surface area contributed by atoms with E-state index in [1.54, 1.807) is 17.6 Å². The summed E-state index contributed by atoms with van der Waals surface area (Å²) in [6, 6.07) is 10.0. The van der Waals surface area contributed by atoms with Crippen LogP contribution in [0.3, 0.4) is 0 Å². The average molecular weight is 230 g/mol. The van der Waals surface area contributed by atoms with E-state index in [-0.39, 0.29) is 0 Å². The first-order valence-corrected chi connectivity index (χ1v) is 5.89. The molecular weight excluding hydrogens is 220 g/mol. The zero-order valence-corrected chi connectivity index (χ0v) is 9.33. The predicted octanol–water partition coefficient (Wildman–Crippen LogP) is 3.50. The van der Waals surface area contributed by atoms with Gasteiger partial charge < -0.3 is 9.73 Å². The number of fused-ring (bicyclic) bond motifs is 1. The molecule has 80 valence electrons. The molecule has 2 heterocycles. The Morgan fingerprint density at radius 1 is 1.31 bits per heavy atom. The quantitative estimate of drug-likeness (QED) is 0.748. The average Bonchev–Trinajstić information content (AvgIpc) is 2.97. The Kier molecular flexibility index (Phi) is 2.34. The number of aromatic nitrogens is 1. The standard InChI is InChI=1S/C12H10N2OS/c1-2-10(15-5-1)7-13-9-3-4-12-11(6-9)14-8-16-12/h1-6,8,13H,7H2. The molecule has 0 saturated carbocycles. The Bertz CT molecular complexity index is 586. The van der Waals surface area contributed by atoms with Crippen molar-refractivity contribution in [1.29, 1.82) is 0 Å². The molecule has 1 N–H and O–H groups in total. The number of benzene rings is 1. The molecule has 4 heteroatoms. The number of nitrogens with one attached hydrogen (secondary N) is 1. The maximum Gasteiger partial charge on any atom is 0.122 e. The zero-order chi connectivity index (χ0) is 10.8. The Morgan fingerprint density at radius 2 is 2.31 bits per heavy atom. The molecule has 0 spiro atoms. The summed E-state index contributed by atoms with van der Waals surface area (Å²) in [6.45, 7) is 0.697. The van der Waals surface area contributed by atoms with Gasteiger partial charge in [0.25, 0.3) is 0 Å². The lowest BCUT2D eigenvalue weighted by atomic mass is 10.3. The molecule has 0 atom stereocenters. The lowest BCUT2D eigenvalue weighted by Crippen LogP contribution is -1.97. The number of nitrogens with zero attached hydrogens (tertiary/aromatic N) is 1. The predicted molar refractivity (Wildman–Crippen MR) is 65.7 cm³/mol. The molecule has 3 aromatic rings. The fourth-order valence-corrected chi connectivity index (χ4v) is 2.23. The third kappa shape index (κ3) is 1.79. The van der Waals surface area contributed by atoms with Gasteiger partial charge in [-0.05, 0) is 30.3 Å². The maximum atomic E-state index is 5.25. The van der Waals surface area contributed by atoms with Crippen molar-refractivity contribution in [1.82, 2.24) is 4.98 Å². The minimum atomic E-state index is 0.697. The molecule has 16 heavy (non-hydrogen) atoms. The molecule has 0 aliphatic carbocycles. The molecule has 3 rings (SSSR count). The molecule has 0 amide bonds. The Hall–Kier alpha value is -1.81. The first-order valence-electron chi connectivity index (χ1n) is 5.01. The van der Waals surface area contributed by atoms with Gasteiger partial charge in [-0.25, -0.2) is 4.98 Å². The lowest BCUT2D eigenvalue weighted by Gasteiger charge is -2.03. The van der Waals surface area contributed by atoms with Crippen molar-refractivity contribution in [2.24, 2.45) is 0 Å². The monoisotopic (exact) mass is 230 g/mol. The summed E-state index contributed by atoms with van der Waals surface area (Å²) in [5.41, 5.74) is 3.96. The summed E-state index contributed by atoms with van der Waals surface area (Å²) in [4.78, 5) is 4.28. The van der Waals surface area contributed by atoms with E-state index < -0.39 is 0 Å². The number of hydrogen-bond donors (Lipinski definition) is 1. The topological polar surface area (TPSA) is 38.1 Å². The highest BCUT2D eigenvalue weighted by atomic mass is 32.1. The van der Waals surface area contributed by atoms with E-state index in [0.29, 0.717) is 6.54 Å². The molecule has 0 aliphatic heterocycles. The van der Waals surface area contributed by atoms with Gasteiger partial charge in [-0.1, -0.05) is 0 Å². The Morgan fingerprint density at radius 3 is 3.19 bits per heavy atom. The van der Waals surface area contributed by atoms with E-state index in [4.69, 9.17) is 4.42 Å². The molecule has 1 aromatic carbocycles. The summed E-state index contributed by atoms with van der Waals surface area (Å²) in [6.07, 6.45) is 1.68. The van der Waals surface area contributed by atoms with Crippen molar-refractivity contribution in [3.63, 3.8) is 0 Å². The largest absolute Gasteiger partial charge is 0.467 e. The van der Waals surface area contributed by atoms with Crippen LogP contribution in [-0.2, 0) is 6.54 Å². The van der Waals surface area contributed by atoms with E-state index >= 15 is 0 Å². The van der Waals surface area contributed by atoms with Crippen LogP contribution in [-0.4, -0.2) is 4.98 Å². The molecule has 0 bridgehead atoms. The number of anilines is 1. The summed E-state index contributed by atoms with van der Waals surface area (Å²) in [7, 11) is 0. The van der Waals surface area contributed by atoms with E-state index in [2.05, 4.69) is 28.5 Å². The van der Waals surface area contributed by atoms with Crippen LogP contribution >= 0.6 is 11.3 Å². The number of hydrogen-bond acceptors (Lipinski definition) is 4. The van der Waals surface area contributed by atoms with Crippen molar-refractivity contribution in [3.05, 3.63) is 47.9 Å². The highest BCUT2D eigenvalue weighted by Crippen LogP contribution is 2.21. The van der Waals surface area contributed by atoms with Crippen molar-refractivity contribution >= 4 is 27.2 Å². The number of rotatable bonds is 3. The smallest absolute Gasteiger partial charge is 0.122 e. The summed E-state index contributed by atoms with van der Waals surface area (Å²) in [5, 5.41) is 3.30. The SMILES string of the molecule is c1coc(CNc2ccc3scnc3c2)c1. The maximum absolute atomic E-state index is 5.25. The van der Waals surface area contributed by atoms with Crippen molar-refractivity contribution < 1.29 is 4.42 Å². The van der Waals surface area contributed by atoms with Crippen molar-refractivity contribution in [2.45, 2.75) is 6.54 Å². The lowest BCUT2D eigenvalue weighted by molar-refractivity contribution is 0.518. The van der Waals surface area contributed by atoms with E-state index in [1.165, 1.54) is 4.70 Å². The van der Waals surface area contributed by atoms with Gasteiger partial charge in [-0.3, -0.25) is 0 Å². The highest BCUT2D eigenvalue weighted by Gasteiger charge is 1.99. The minimum absolute atomic E-state index is 0.697. The minimum Gasteiger partial charge on any atom is -0.467 e. The van der Waals surface area contributed by atoms with Crippen molar-refractivity contribution in [2.75, 3.05) is 5.32 Å². The Balaban J connectivity index is 1.78. The normalized spacial score (nSPS) is 10.8. The van der Waals surface area contributed by atoms with Gasteiger partial charge in [0, 0.05) is 5.69 Å². The fraction of sp³-hybridized carbons (Fsp3) is 0.0833.